The molecule has 1 heterocycles. The number of esters is 1. The Morgan fingerprint density at radius 3 is 2.81 bits per heavy atom. The Morgan fingerprint density at radius 1 is 1.56 bits per heavy atom. The number of carboxylic acid groups (broad SMARTS) is 1. The van der Waals surface area contributed by atoms with Gasteiger partial charge in [-0.2, -0.15) is 0 Å². The van der Waals surface area contributed by atoms with Gasteiger partial charge in [0.25, 0.3) is 6.10 Å². The smallest absolute Gasteiger partial charge is 0.359 e. The topological polar surface area (TPSA) is 85.7 Å². The fourth-order valence-corrected chi connectivity index (χ4v) is 0.970. The second-order valence-electron chi connectivity index (χ2n) is 2.78. The standard InChI is InChI=1S/C10H11NO5/c1-2-15-10(14)8(9(12)13)16-7-4-3-5-11-6-7/h3-6,8H,2H2,1H3,(H,12,13). The lowest BCUT2D eigenvalue weighted by Crippen LogP contribution is -2.37. The Kier molecular flexibility index (Phi) is 4.26. The third-order valence-electron chi connectivity index (χ3n) is 1.61. The van der Waals surface area contributed by atoms with Crippen molar-refractivity contribution in [3.8, 4) is 5.75 Å². The van der Waals surface area contributed by atoms with Crippen LogP contribution in [0.15, 0.2) is 24.5 Å². The molecule has 0 aliphatic carbocycles. The number of carboxylic acids is 1. The van der Waals surface area contributed by atoms with E-state index in [4.69, 9.17) is 9.84 Å². The number of hydrogen-bond donors (Lipinski definition) is 1. The van der Waals surface area contributed by atoms with Crippen molar-refractivity contribution in [3.05, 3.63) is 24.5 Å². The van der Waals surface area contributed by atoms with E-state index in [9.17, 15) is 9.59 Å². The van der Waals surface area contributed by atoms with Crippen LogP contribution >= 0.6 is 0 Å². The normalized spacial score (nSPS) is 11.6. The first-order valence-corrected chi connectivity index (χ1v) is 4.61. The quantitative estimate of drug-likeness (QED) is 0.579. The number of carbonyl (C=O) groups excluding carboxylic acids is 1. The predicted molar refractivity (Wildman–Crippen MR) is 52.9 cm³/mol. The minimum atomic E-state index is -1.66. The highest BCUT2D eigenvalue weighted by Gasteiger charge is 2.29. The van der Waals surface area contributed by atoms with Gasteiger partial charge < -0.3 is 14.6 Å². The molecule has 0 aliphatic heterocycles. The lowest BCUT2D eigenvalue weighted by atomic mass is 10.3. The number of aromatic nitrogens is 1. The Hall–Kier alpha value is -2.11. The maximum atomic E-state index is 11.2. The number of aliphatic carboxylic acids is 1. The number of nitrogens with zero attached hydrogens (tertiary/aromatic N) is 1. The molecule has 0 spiro atoms. The Labute approximate surface area is 91.8 Å². The summed E-state index contributed by atoms with van der Waals surface area (Å²) in [5.74, 6) is -2.14. The lowest BCUT2D eigenvalue weighted by Gasteiger charge is -2.12. The van der Waals surface area contributed by atoms with Gasteiger partial charge in [0.05, 0.1) is 12.8 Å². The molecule has 1 N–H and O–H groups in total. The van der Waals surface area contributed by atoms with Crippen LogP contribution in [0.2, 0.25) is 0 Å². The van der Waals surface area contributed by atoms with Gasteiger partial charge in [0.1, 0.15) is 5.75 Å². The first-order valence-electron chi connectivity index (χ1n) is 4.61. The molecule has 1 atom stereocenters. The van der Waals surface area contributed by atoms with E-state index in [0.717, 1.165) is 0 Å². The maximum Gasteiger partial charge on any atom is 0.359 e. The van der Waals surface area contributed by atoms with Crippen LogP contribution in [0, 0.1) is 0 Å². The molecule has 1 aromatic heterocycles. The van der Waals surface area contributed by atoms with Gasteiger partial charge in [-0.15, -0.1) is 0 Å². The summed E-state index contributed by atoms with van der Waals surface area (Å²) in [4.78, 5) is 25.7. The summed E-state index contributed by atoms with van der Waals surface area (Å²) >= 11 is 0. The lowest BCUT2D eigenvalue weighted by molar-refractivity contribution is -0.162. The largest absolute Gasteiger partial charge is 0.478 e. The summed E-state index contributed by atoms with van der Waals surface area (Å²) in [6, 6.07) is 3.07. The van der Waals surface area contributed by atoms with Crippen LogP contribution in [-0.2, 0) is 14.3 Å². The molecule has 0 fully saturated rings. The Balaban J connectivity index is 2.73. The monoisotopic (exact) mass is 225 g/mol. The Bertz CT molecular complexity index is 365. The molecule has 16 heavy (non-hydrogen) atoms. The van der Waals surface area contributed by atoms with Crippen molar-refractivity contribution in [2.45, 2.75) is 13.0 Å². The van der Waals surface area contributed by atoms with Gasteiger partial charge in [-0.1, -0.05) is 0 Å². The fourth-order valence-electron chi connectivity index (χ4n) is 0.970. The average Bonchev–Trinajstić information content (AvgIpc) is 2.27. The van der Waals surface area contributed by atoms with Gasteiger partial charge in [-0.25, -0.2) is 9.59 Å². The molecule has 0 bridgehead atoms. The third kappa shape index (κ3) is 3.23. The van der Waals surface area contributed by atoms with Gasteiger partial charge in [0, 0.05) is 6.20 Å². The van der Waals surface area contributed by atoms with Crippen molar-refractivity contribution in [2.75, 3.05) is 6.61 Å². The van der Waals surface area contributed by atoms with E-state index in [1.54, 1.807) is 13.0 Å². The minimum Gasteiger partial charge on any atom is -0.478 e. The summed E-state index contributed by atoms with van der Waals surface area (Å²) in [5.41, 5.74) is 0. The van der Waals surface area contributed by atoms with Gasteiger partial charge in [0.15, 0.2) is 0 Å². The molecular weight excluding hydrogens is 214 g/mol. The van der Waals surface area contributed by atoms with Crippen LogP contribution in [0.25, 0.3) is 0 Å². The molecule has 0 radical (unpaired) electrons. The van der Waals surface area contributed by atoms with Crippen molar-refractivity contribution in [1.29, 1.82) is 0 Å². The van der Waals surface area contributed by atoms with Crippen LogP contribution in [0.4, 0.5) is 0 Å². The zero-order valence-corrected chi connectivity index (χ0v) is 8.62. The molecule has 1 rings (SSSR count). The fraction of sp³-hybridized carbons (Fsp3) is 0.300. The van der Waals surface area contributed by atoms with Crippen LogP contribution < -0.4 is 4.74 Å². The number of pyridine rings is 1. The predicted octanol–water partition coefficient (Wildman–Crippen LogP) is 0.477. The molecule has 1 unspecified atom stereocenters. The molecule has 0 amide bonds. The number of ether oxygens (including phenoxy) is 2. The Morgan fingerprint density at radius 2 is 2.31 bits per heavy atom. The molecule has 0 aromatic carbocycles. The first kappa shape index (κ1) is 12.0. The zero-order chi connectivity index (χ0) is 12.0. The summed E-state index contributed by atoms with van der Waals surface area (Å²) in [7, 11) is 0. The van der Waals surface area contributed by atoms with Crippen LogP contribution in [-0.4, -0.2) is 34.7 Å². The summed E-state index contributed by atoms with van der Waals surface area (Å²) < 4.78 is 9.53. The van der Waals surface area contributed by atoms with Gasteiger partial charge >= 0.3 is 11.9 Å². The van der Waals surface area contributed by atoms with E-state index < -0.39 is 18.0 Å². The number of rotatable bonds is 5. The maximum absolute atomic E-state index is 11.2. The van der Waals surface area contributed by atoms with Crippen molar-refractivity contribution in [3.63, 3.8) is 0 Å². The third-order valence-corrected chi connectivity index (χ3v) is 1.61. The summed E-state index contributed by atoms with van der Waals surface area (Å²) in [6.45, 7) is 1.68. The molecule has 86 valence electrons. The minimum absolute atomic E-state index is 0.0962. The van der Waals surface area contributed by atoms with Crippen LogP contribution in [0.3, 0.4) is 0 Å². The van der Waals surface area contributed by atoms with E-state index >= 15 is 0 Å². The summed E-state index contributed by atoms with van der Waals surface area (Å²) in [5, 5.41) is 8.79. The highest BCUT2D eigenvalue weighted by molar-refractivity contribution is 5.97. The van der Waals surface area contributed by atoms with Crippen LogP contribution in [0.1, 0.15) is 6.92 Å². The van der Waals surface area contributed by atoms with Crippen molar-refractivity contribution in [2.24, 2.45) is 0 Å². The van der Waals surface area contributed by atoms with E-state index in [2.05, 4.69) is 9.72 Å². The molecule has 0 saturated heterocycles. The van der Waals surface area contributed by atoms with E-state index in [0.29, 0.717) is 0 Å². The molecular formula is C10H11NO5. The zero-order valence-electron chi connectivity index (χ0n) is 8.62. The van der Waals surface area contributed by atoms with E-state index in [1.165, 1.54) is 18.5 Å². The number of hydrogen-bond acceptors (Lipinski definition) is 5. The molecule has 6 nitrogen and oxygen atoms in total. The van der Waals surface area contributed by atoms with Gasteiger partial charge in [-0.3, -0.25) is 4.98 Å². The second-order valence-corrected chi connectivity index (χ2v) is 2.78. The van der Waals surface area contributed by atoms with Crippen LogP contribution in [0.5, 0.6) is 5.75 Å². The molecule has 6 heteroatoms. The first-order chi connectivity index (χ1) is 7.65. The number of carbonyl (C=O) groups is 2. The van der Waals surface area contributed by atoms with Gasteiger partial charge in [0.2, 0.25) is 0 Å². The summed E-state index contributed by atoms with van der Waals surface area (Å²) in [6.07, 6.45) is 1.16. The molecule has 0 saturated carbocycles. The highest BCUT2D eigenvalue weighted by atomic mass is 16.6. The average molecular weight is 225 g/mol. The highest BCUT2D eigenvalue weighted by Crippen LogP contribution is 2.10. The van der Waals surface area contributed by atoms with E-state index in [1.807, 2.05) is 0 Å². The molecule has 0 aliphatic rings. The van der Waals surface area contributed by atoms with Crippen molar-refractivity contribution >= 4 is 11.9 Å². The van der Waals surface area contributed by atoms with E-state index in [-0.39, 0.29) is 12.4 Å². The van der Waals surface area contributed by atoms with Crippen molar-refractivity contribution < 1.29 is 24.2 Å². The van der Waals surface area contributed by atoms with Gasteiger partial charge in [-0.05, 0) is 19.1 Å². The SMILES string of the molecule is CCOC(=O)C(Oc1cccnc1)C(=O)O. The van der Waals surface area contributed by atoms with Crippen molar-refractivity contribution in [1.82, 2.24) is 4.98 Å². The second kappa shape index (κ2) is 5.69. The molecule has 1 aromatic rings.